The average molecular weight is 404 g/mol. The van der Waals surface area contributed by atoms with Gasteiger partial charge in [0.2, 0.25) is 5.91 Å². The minimum Gasteiger partial charge on any atom is -0.365 e. The van der Waals surface area contributed by atoms with Gasteiger partial charge < -0.3 is 21.3 Å². The van der Waals surface area contributed by atoms with Crippen molar-refractivity contribution in [1.29, 1.82) is 0 Å². The van der Waals surface area contributed by atoms with E-state index in [1.54, 1.807) is 18.3 Å². The molecule has 1 aliphatic heterocycles. The van der Waals surface area contributed by atoms with Crippen molar-refractivity contribution in [2.75, 3.05) is 31.1 Å². The first-order chi connectivity index (χ1) is 11.6. The second-order valence-electron chi connectivity index (χ2n) is 6.67. The molecule has 7 nitrogen and oxygen atoms in total. The lowest BCUT2D eigenvalue weighted by Crippen LogP contribution is -2.51. The quantitative estimate of drug-likeness (QED) is 0.788. The number of amides is 2. The summed E-state index contributed by atoms with van der Waals surface area (Å²) in [5, 5.41) is 0. The Hall–Kier alpha value is -1.57. The summed E-state index contributed by atoms with van der Waals surface area (Å²) < 4.78 is 0. The Kier molecular flexibility index (Phi) is 8.59. The molecule has 1 aliphatic carbocycles. The van der Waals surface area contributed by atoms with E-state index in [-0.39, 0.29) is 42.7 Å². The lowest BCUT2D eigenvalue weighted by atomic mass is 9.85. The van der Waals surface area contributed by atoms with E-state index in [2.05, 4.69) is 4.98 Å². The minimum absolute atomic E-state index is 0. The van der Waals surface area contributed by atoms with E-state index in [0.29, 0.717) is 37.6 Å². The van der Waals surface area contributed by atoms with Crippen LogP contribution in [0.25, 0.3) is 0 Å². The molecule has 1 aromatic rings. The molecule has 0 bridgehead atoms. The number of aromatic nitrogens is 1. The van der Waals surface area contributed by atoms with Crippen molar-refractivity contribution in [3.05, 3.63) is 23.9 Å². The monoisotopic (exact) mass is 403 g/mol. The van der Waals surface area contributed by atoms with Gasteiger partial charge in [0.25, 0.3) is 5.91 Å². The zero-order valence-electron chi connectivity index (χ0n) is 14.7. The fourth-order valence-electron chi connectivity index (χ4n) is 3.69. The van der Waals surface area contributed by atoms with Crippen molar-refractivity contribution in [3.63, 3.8) is 0 Å². The van der Waals surface area contributed by atoms with Gasteiger partial charge in [0.1, 0.15) is 5.82 Å². The molecule has 2 unspecified atom stereocenters. The molecule has 2 aliphatic rings. The first-order valence-electron chi connectivity index (χ1n) is 8.60. The zero-order valence-corrected chi connectivity index (χ0v) is 16.3. The second-order valence-corrected chi connectivity index (χ2v) is 6.67. The number of nitrogens with zero attached hydrogens (tertiary/aromatic N) is 3. The summed E-state index contributed by atoms with van der Waals surface area (Å²) >= 11 is 0. The number of anilines is 1. The van der Waals surface area contributed by atoms with Crippen LogP contribution in [-0.4, -0.2) is 53.9 Å². The van der Waals surface area contributed by atoms with Gasteiger partial charge in [-0.1, -0.05) is 6.42 Å². The van der Waals surface area contributed by atoms with Gasteiger partial charge in [-0.3, -0.25) is 9.59 Å². The van der Waals surface area contributed by atoms with Crippen LogP contribution in [0.3, 0.4) is 0 Å². The lowest BCUT2D eigenvalue weighted by Gasteiger charge is -2.38. The first-order valence-corrected chi connectivity index (χ1v) is 8.60. The molecule has 1 aromatic heterocycles. The predicted octanol–water partition coefficient (Wildman–Crippen LogP) is 1.19. The summed E-state index contributed by atoms with van der Waals surface area (Å²) in [6.07, 6.45) is 5.45. The predicted molar refractivity (Wildman–Crippen MR) is 106 cm³/mol. The maximum absolute atomic E-state index is 12.7. The highest BCUT2D eigenvalue weighted by molar-refractivity contribution is 5.97. The van der Waals surface area contributed by atoms with E-state index in [0.717, 1.165) is 25.7 Å². The zero-order chi connectivity index (χ0) is 17.1. The molecule has 1 saturated carbocycles. The van der Waals surface area contributed by atoms with Crippen LogP contribution < -0.4 is 16.4 Å². The third-order valence-electron chi connectivity index (χ3n) is 5.01. The van der Waals surface area contributed by atoms with Crippen molar-refractivity contribution in [3.8, 4) is 0 Å². The van der Waals surface area contributed by atoms with Gasteiger partial charge in [-0.15, -0.1) is 24.8 Å². The number of nitrogens with two attached hydrogens (primary N) is 2. The summed E-state index contributed by atoms with van der Waals surface area (Å²) in [5.74, 6) is 0.418. The van der Waals surface area contributed by atoms with Gasteiger partial charge in [0.15, 0.2) is 0 Å². The molecule has 26 heavy (non-hydrogen) atoms. The number of carbonyl (C=O) groups excluding carboxylic acids is 2. The van der Waals surface area contributed by atoms with Crippen molar-refractivity contribution >= 4 is 42.4 Å². The maximum Gasteiger partial charge on any atom is 0.252 e. The van der Waals surface area contributed by atoms with Gasteiger partial charge in [0, 0.05) is 44.3 Å². The van der Waals surface area contributed by atoms with Crippen LogP contribution in [0, 0.1) is 5.92 Å². The summed E-state index contributed by atoms with van der Waals surface area (Å²) in [6, 6.07) is 3.54. The van der Waals surface area contributed by atoms with E-state index < -0.39 is 5.91 Å². The SMILES string of the molecule is Cl.Cl.NC(=O)c1cccnc1N1CCN(C(=O)C2CCCC(N)C2)CC1. The summed E-state index contributed by atoms with van der Waals surface area (Å²) in [6.45, 7) is 2.59. The van der Waals surface area contributed by atoms with E-state index in [9.17, 15) is 9.59 Å². The molecule has 2 fully saturated rings. The smallest absolute Gasteiger partial charge is 0.252 e. The molecular formula is C17H27Cl2N5O2. The Bertz CT molecular complexity index is 623. The average Bonchev–Trinajstić information content (AvgIpc) is 2.61. The minimum atomic E-state index is -0.479. The summed E-state index contributed by atoms with van der Waals surface area (Å²) in [7, 11) is 0. The molecule has 0 aromatic carbocycles. The van der Waals surface area contributed by atoms with Crippen LogP contribution in [0.5, 0.6) is 0 Å². The van der Waals surface area contributed by atoms with E-state index >= 15 is 0 Å². The second kappa shape index (κ2) is 9.94. The Labute approximate surface area is 166 Å². The molecule has 2 heterocycles. The van der Waals surface area contributed by atoms with Crippen LogP contribution in [0.15, 0.2) is 18.3 Å². The van der Waals surface area contributed by atoms with Gasteiger partial charge in [-0.25, -0.2) is 4.98 Å². The van der Waals surface area contributed by atoms with Crippen molar-refractivity contribution in [2.24, 2.45) is 17.4 Å². The number of pyridine rings is 1. The van der Waals surface area contributed by atoms with E-state index in [1.165, 1.54) is 0 Å². The highest BCUT2D eigenvalue weighted by atomic mass is 35.5. The first kappa shape index (κ1) is 22.5. The highest BCUT2D eigenvalue weighted by Gasteiger charge is 2.31. The number of primary amides is 1. The van der Waals surface area contributed by atoms with Gasteiger partial charge in [-0.05, 0) is 31.4 Å². The van der Waals surface area contributed by atoms with Crippen LogP contribution in [0.2, 0.25) is 0 Å². The van der Waals surface area contributed by atoms with Gasteiger partial charge in [0.05, 0.1) is 5.56 Å². The third kappa shape index (κ3) is 4.99. The number of carbonyl (C=O) groups is 2. The normalized spacial score (nSPS) is 22.8. The topological polar surface area (TPSA) is 106 Å². The van der Waals surface area contributed by atoms with Crippen molar-refractivity contribution < 1.29 is 9.59 Å². The maximum atomic E-state index is 12.7. The van der Waals surface area contributed by atoms with Crippen LogP contribution in [-0.2, 0) is 4.79 Å². The Morgan fingerprint density at radius 2 is 1.81 bits per heavy atom. The largest absolute Gasteiger partial charge is 0.365 e. The van der Waals surface area contributed by atoms with Crippen molar-refractivity contribution in [2.45, 2.75) is 31.7 Å². The molecular weight excluding hydrogens is 377 g/mol. The molecule has 2 atom stereocenters. The number of piperazine rings is 1. The van der Waals surface area contributed by atoms with Crippen LogP contribution in [0.4, 0.5) is 5.82 Å². The van der Waals surface area contributed by atoms with Crippen LogP contribution in [0.1, 0.15) is 36.0 Å². The van der Waals surface area contributed by atoms with Gasteiger partial charge >= 0.3 is 0 Å². The molecule has 0 spiro atoms. The fraction of sp³-hybridized carbons (Fsp3) is 0.588. The third-order valence-corrected chi connectivity index (χ3v) is 5.01. The Balaban J connectivity index is 0.00000169. The number of halogens is 2. The van der Waals surface area contributed by atoms with Crippen molar-refractivity contribution in [1.82, 2.24) is 9.88 Å². The molecule has 4 N–H and O–H groups in total. The molecule has 0 radical (unpaired) electrons. The van der Waals surface area contributed by atoms with Crippen LogP contribution >= 0.6 is 24.8 Å². The van der Waals surface area contributed by atoms with Gasteiger partial charge in [-0.2, -0.15) is 0 Å². The van der Waals surface area contributed by atoms with E-state index in [4.69, 9.17) is 11.5 Å². The Morgan fingerprint density at radius 1 is 1.12 bits per heavy atom. The number of rotatable bonds is 3. The number of hydrogen-bond acceptors (Lipinski definition) is 5. The lowest BCUT2D eigenvalue weighted by molar-refractivity contribution is -0.137. The summed E-state index contributed by atoms with van der Waals surface area (Å²) in [5.41, 5.74) is 11.9. The molecule has 146 valence electrons. The molecule has 2 amide bonds. The fourth-order valence-corrected chi connectivity index (χ4v) is 3.69. The Morgan fingerprint density at radius 3 is 2.42 bits per heavy atom. The molecule has 3 rings (SSSR count). The standard InChI is InChI=1S/C17H25N5O2.2ClH/c18-13-4-1-3-12(11-13)17(24)22-9-7-21(8-10-22)16-14(15(19)23)5-2-6-20-16;;/h2,5-6,12-13H,1,3-4,7-11,18H2,(H2,19,23);2*1H. The summed E-state index contributed by atoms with van der Waals surface area (Å²) in [4.78, 5) is 32.5. The highest BCUT2D eigenvalue weighted by Crippen LogP contribution is 2.26. The molecule has 1 saturated heterocycles. The molecule has 9 heteroatoms. The van der Waals surface area contributed by atoms with E-state index in [1.807, 2.05) is 9.80 Å². The number of hydrogen-bond donors (Lipinski definition) is 2.